The molecule has 1 fully saturated rings. The van der Waals surface area contributed by atoms with Crippen molar-refractivity contribution >= 4 is 11.6 Å². The Morgan fingerprint density at radius 1 is 1.30 bits per heavy atom. The number of carbonyl (C=O) groups excluding carboxylic acids is 1. The zero-order valence-corrected chi connectivity index (χ0v) is 16.7. The van der Waals surface area contributed by atoms with Crippen LogP contribution in [0.25, 0.3) is 0 Å². The summed E-state index contributed by atoms with van der Waals surface area (Å²) in [4.78, 5) is 15.0. The molecule has 5 heteroatoms. The Morgan fingerprint density at radius 2 is 2.04 bits per heavy atom. The number of hydrogen-bond acceptors (Lipinski definition) is 4. The van der Waals surface area contributed by atoms with Gasteiger partial charge in [0.15, 0.2) is 12.0 Å². The van der Waals surface area contributed by atoms with Crippen LogP contribution in [0.15, 0.2) is 30.0 Å². The molecule has 3 atom stereocenters. The van der Waals surface area contributed by atoms with E-state index in [-0.39, 0.29) is 23.5 Å². The fourth-order valence-corrected chi connectivity index (χ4v) is 4.74. The Balaban J connectivity index is 1.57. The van der Waals surface area contributed by atoms with Crippen molar-refractivity contribution < 1.29 is 14.3 Å². The first kappa shape index (κ1) is 18.2. The van der Waals surface area contributed by atoms with Gasteiger partial charge in [-0.3, -0.25) is 4.79 Å². The predicted molar refractivity (Wildman–Crippen MR) is 106 cm³/mol. The molecule has 4 rings (SSSR count). The molecule has 3 unspecified atom stereocenters. The van der Waals surface area contributed by atoms with Gasteiger partial charge in [0, 0.05) is 24.8 Å². The zero-order valence-electron chi connectivity index (χ0n) is 16.7. The highest BCUT2D eigenvalue weighted by atomic mass is 16.5. The molecule has 1 aromatic rings. The van der Waals surface area contributed by atoms with Crippen molar-refractivity contribution in [2.45, 2.75) is 64.1 Å². The standard InChI is InChI=1S/C22H30N2O3/c1-14-17-11-10-16(26-4)12-18(17)23-21-22(14,2)13-19(27-21)20(25)24(3)15-8-6-5-7-9-15/h10-15,21,23H,5-9H2,1-4H3. The monoisotopic (exact) mass is 370 g/mol. The van der Waals surface area contributed by atoms with Gasteiger partial charge in [0.1, 0.15) is 5.75 Å². The van der Waals surface area contributed by atoms with Gasteiger partial charge in [0.05, 0.1) is 12.5 Å². The summed E-state index contributed by atoms with van der Waals surface area (Å²) in [5.41, 5.74) is 1.98. The summed E-state index contributed by atoms with van der Waals surface area (Å²) < 4.78 is 11.5. The summed E-state index contributed by atoms with van der Waals surface area (Å²) in [5.74, 6) is 1.54. The lowest BCUT2D eigenvalue weighted by Gasteiger charge is -2.41. The average molecular weight is 370 g/mol. The number of methoxy groups -OCH3 is 1. The van der Waals surface area contributed by atoms with Crippen LogP contribution >= 0.6 is 0 Å². The zero-order chi connectivity index (χ0) is 19.2. The molecular formula is C22H30N2O3. The number of fused-ring (bicyclic) bond motifs is 2. The van der Waals surface area contributed by atoms with E-state index in [1.807, 2.05) is 30.2 Å². The largest absolute Gasteiger partial charge is 0.497 e. The number of hydrogen-bond donors (Lipinski definition) is 1. The number of nitrogens with zero attached hydrogens (tertiary/aromatic N) is 1. The van der Waals surface area contributed by atoms with Crippen molar-refractivity contribution in [1.82, 2.24) is 4.90 Å². The number of anilines is 1. The summed E-state index contributed by atoms with van der Waals surface area (Å²) in [7, 11) is 3.59. The lowest BCUT2D eigenvalue weighted by atomic mass is 9.70. The van der Waals surface area contributed by atoms with E-state index in [0.717, 1.165) is 24.3 Å². The molecule has 1 N–H and O–H groups in total. The van der Waals surface area contributed by atoms with Crippen LogP contribution in [0.2, 0.25) is 0 Å². The lowest BCUT2D eigenvalue weighted by molar-refractivity contribution is -0.132. The van der Waals surface area contributed by atoms with E-state index < -0.39 is 0 Å². The summed E-state index contributed by atoms with van der Waals surface area (Å²) >= 11 is 0. The maximum atomic E-state index is 13.1. The van der Waals surface area contributed by atoms with Gasteiger partial charge in [0.2, 0.25) is 0 Å². The second-order valence-electron chi connectivity index (χ2n) is 8.40. The Morgan fingerprint density at radius 3 is 2.74 bits per heavy atom. The van der Waals surface area contributed by atoms with Crippen molar-refractivity contribution in [3.8, 4) is 5.75 Å². The first-order chi connectivity index (χ1) is 12.9. The average Bonchev–Trinajstić information content (AvgIpc) is 3.05. The quantitative estimate of drug-likeness (QED) is 0.864. The molecule has 2 aliphatic heterocycles. The third-order valence-electron chi connectivity index (χ3n) is 6.85. The number of amides is 1. The molecule has 0 radical (unpaired) electrons. The van der Waals surface area contributed by atoms with Crippen LogP contribution in [0.5, 0.6) is 5.75 Å². The Bertz CT molecular complexity index is 769. The van der Waals surface area contributed by atoms with Gasteiger partial charge in [-0.05, 0) is 43.4 Å². The topological polar surface area (TPSA) is 50.8 Å². The SMILES string of the molecule is COc1ccc2c(c1)NC1OC(C(=O)N(C)C3CCCCC3)=CC1(C)C2C. The third-order valence-corrected chi connectivity index (χ3v) is 6.85. The minimum Gasteiger partial charge on any atom is -0.497 e. The molecule has 1 aromatic carbocycles. The van der Waals surface area contributed by atoms with Gasteiger partial charge >= 0.3 is 0 Å². The molecule has 27 heavy (non-hydrogen) atoms. The van der Waals surface area contributed by atoms with Crippen molar-refractivity contribution in [3.05, 3.63) is 35.6 Å². The summed E-state index contributed by atoms with van der Waals surface area (Å²) in [6, 6.07) is 6.43. The van der Waals surface area contributed by atoms with E-state index in [1.165, 1.54) is 24.8 Å². The smallest absolute Gasteiger partial charge is 0.288 e. The van der Waals surface area contributed by atoms with Gasteiger partial charge in [-0.25, -0.2) is 0 Å². The van der Waals surface area contributed by atoms with E-state index in [2.05, 4.69) is 25.2 Å². The van der Waals surface area contributed by atoms with Gasteiger partial charge in [-0.2, -0.15) is 0 Å². The Kier molecular flexibility index (Phi) is 4.57. The van der Waals surface area contributed by atoms with E-state index in [0.29, 0.717) is 11.8 Å². The molecule has 3 aliphatic rings. The molecule has 146 valence electrons. The first-order valence-electron chi connectivity index (χ1n) is 10.0. The van der Waals surface area contributed by atoms with Crippen molar-refractivity contribution in [1.29, 1.82) is 0 Å². The van der Waals surface area contributed by atoms with Gasteiger partial charge in [-0.1, -0.05) is 32.3 Å². The van der Waals surface area contributed by atoms with Crippen LogP contribution in [0, 0.1) is 5.41 Å². The fraction of sp³-hybridized carbons (Fsp3) is 0.591. The van der Waals surface area contributed by atoms with Crippen molar-refractivity contribution in [2.24, 2.45) is 5.41 Å². The molecule has 1 aliphatic carbocycles. The second-order valence-corrected chi connectivity index (χ2v) is 8.40. The number of likely N-dealkylation sites (N-methyl/N-ethyl adjacent to an activating group) is 1. The molecule has 2 heterocycles. The summed E-state index contributed by atoms with van der Waals surface area (Å²) in [6.07, 6.45) is 7.68. The highest BCUT2D eigenvalue weighted by Gasteiger charge is 2.50. The molecular weight excluding hydrogens is 340 g/mol. The molecule has 5 nitrogen and oxygen atoms in total. The fourth-order valence-electron chi connectivity index (χ4n) is 4.74. The van der Waals surface area contributed by atoms with Gasteiger partial charge < -0.3 is 19.7 Å². The van der Waals surface area contributed by atoms with Crippen LogP contribution in [0.1, 0.15) is 57.4 Å². The van der Waals surface area contributed by atoms with Crippen LogP contribution in [0.3, 0.4) is 0 Å². The second kappa shape index (κ2) is 6.77. The number of rotatable bonds is 3. The number of benzene rings is 1. The molecule has 0 saturated heterocycles. The highest BCUT2D eigenvalue weighted by Crippen LogP contribution is 2.52. The minimum atomic E-state index is -0.264. The maximum Gasteiger partial charge on any atom is 0.288 e. The van der Waals surface area contributed by atoms with Gasteiger partial charge in [-0.15, -0.1) is 0 Å². The predicted octanol–water partition coefficient (Wildman–Crippen LogP) is 4.26. The minimum absolute atomic E-state index is 0.00756. The van der Waals surface area contributed by atoms with E-state index in [1.54, 1.807) is 7.11 Å². The Labute approximate surface area is 161 Å². The molecule has 0 aromatic heterocycles. The van der Waals surface area contributed by atoms with Crippen molar-refractivity contribution in [2.75, 3.05) is 19.5 Å². The molecule has 0 bridgehead atoms. The number of nitrogens with one attached hydrogen (secondary N) is 1. The van der Waals surface area contributed by atoms with E-state index in [4.69, 9.17) is 9.47 Å². The number of carbonyl (C=O) groups is 1. The van der Waals surface area contributed by atoms with Crippen molar-refractivity contribution in [3.63, 3.8) is 0 Å². The normalized spacial score (nSPS) is 29.7. The highest BCUT2D eigenvalue weighted by molar-refractivity contribution is 5.92. The van der Waals surface area contributed by atoms with E-state index in [9.17, 15) is 4.79 Å². The maximum absolute atomic E-state index is 13.1. The van der Waals surface area contributed by atoms with E-state index >= 15 is 0 Å². The Hall–Kier alpha value is -2.17. The van der Waals surface area contributed by atoms with Crippen LogP contribution < -0.4 is 10.1 Å². The van der Waals surface area contributed by atoms with Crippen LogP contribution in [-0.4, -0.2) is 37.2 Å². The summed E-state index contributed by atoms with van der Waals surface area (Å²) in [5, 5.41) is 3.48. The molecule has 1 amide bonds. The third kappa shape index (κ3) is 2.97. The van der Waals surface area contributed by atoms with Crippen LogP contribution in [-0.2, 0) is 9.53 Å². The van der Waals surface area contributed by atoms with Gasteiger partial charge in [0.25, 0.3) is 5.91 Å². The summed E-state index contributed by atoms with van der Waals surface area (Å²) in [6.45, 7) is 4.38. The molecule has 1 saturated carbocycles. The number of ether oxygens (including phenoxy) is 2. The first-order valence-corrected chi connectivity index (χ1v) is 10.0. The lowest BCUT2D eigenvalue weighted by Crippen LogP contribution is -2.43. The molecule has 0 spiro atoms. The van der Waals surface area contributed by atoms with Crippen LogP contribution in [0.4, 0.5) is 5.69 Å².